The number of carbonyl (C=O) groups is 1. The van der Waals surface area contributed by atoms with Crippen LogP contribution in [-0.4, -0.2) is 28.0 Å². The molecule has 0 spiro atoms. The van der Waals surface area contributed by atoms with Crippen molar-refractivity contribution in [3.8, 4) is 0 Å². The molecule has 14 heavy (non-hydrogen) atoms. The topological polar surface area (TPSA) is 117 Å². The van der Waals surface area contributed by atoms with Crippen molar-refractivity contribution < 1.29 is 9.53 Å². The monoisotopic (exact) mass is 197 g/mol. The smallest absolute Gasteiger partial charge is 0.312 e. The van der Waals surface area contributed by atoms with Crippen molar-refractivity contribution in [2.75, 3.05) is 18.1 Å². The molecule has 0 aliphatic carbocycles. The molecule has 7 nitrogen and oxygen atoms in total. The van der Waals surface area contributed by atoms with Crippen molar-refractivity contribution in [3.63, 3.8) is 0 Å². The lowest BCUT2D eigenvalue weighted by Gasteiger charge is -2.03. The van der Waals surface area contributed by atoms with Gasteiger partial charge in [0.15, 0.2) is 5.82 Å². The van der Waals surface area contributed by atoms with Crippen LogP contribution >= 0.6 is 0 Å². The first-order valence-electron chi connectivity index (χ1n) is 4.04. The van der Waals surface area contributed by atoms with Crippen molar-refractivity contribution >= 4 is 17.5 Å². The predicted octanol–water partition coefficient (Wildman–Crippen LogP) is -0.858. The molecule has 0 fully saturated rings. The lowest BCUT2D eigenvalue weighted by atomic mass is 10.2. The molecule has 0 amide bonds. The molecular weight excluding hydrogens is 186 g/mol. The van der Waals surface area contributed by atoms with Crippen LogP contribution in [0.25, 0.3) is 0 Å². The van der Waals surface area contributed by atoms with Crippen molar-refractivity contribution in [3.05, 3.63) is 5.69 Å². The number of hydrogen-bond acceptors (Lipinski definition) is 7. The molecule has 0 bridgehead atoms. The van der Waals surface area contributed by atoms with Gasteiger partial charge in [0.05, 0.1) is 13.0 Å². The third kappa shape index (κ3) is 2.28. The number of nitrogens with two attached hydrogens (primary N) is 2. The Balaban J connectivity index is 2.76. The van der Waals surface area contributed by atoms with E-state index in [-0.39, 0.29) is 23.6 Å². The lowest BCUT2D eigenvalue weighted by molar-refractivity contribution is -0.142. The largest absolute Gasteiger partial charge is 0.466 e. The summed E-state index contributed by atoms with van der Waals surface area (Å²) in [5, 5.41) is 10.4. The standard InChI is InChI=1S/C7H11N5O2/c1-2-14-5(13)3-4-6(8)7(9)11-12-10-4/h2-3H2,1H3,(H2,8,12)(H2,9,10,11). The van der Waals surface area contributed by atoms with Crippen LogP contribution in [0.4, 0.5) is 11.5 Å². The van der Waals surface area contributed by atoms with Crippen molar-refractivity contribution in [2.45, 2.75) is 13.3 Å². The summed E-state index contributed by atoms with van der Waals surface area (Å²) in [4.78, 5) is 11.1. The van der Waals surface area contributed by atoms with Crippen molar-refractivity contribution in [1.29, 1.82) is 0 Å². The summed E-state index contributed by atoms with van der Waals surface area (Å²) in [6.07, 6.45) is -0.0423. The van der Waals surface area contributed by atoms with Crippen LogP contribution in [0, 0.1) is 0 Å². The number of anilines is 2. The fourth-order valence-corrected chi connectivity index (χ4v) is 0.859. The number of nitrogen functional groups attached to an aromatic ring is 2. The van der Waals surface area contributed by atoms with Crippen molar-refractivity contribution in [1.82, 2.24) is 15.4 Å². The summed E-state index contributed by atoms with van der Waals surface area (Å²) in [5.41, 5.74) is 11.4. The minimum atomic E-state index is -0.417. The maximum atomic E-state index is 11.1. The Kier molecular flexibility index (Phi) is 3.16. The third-order valence-corrected chi connectivity index (χ3v) is 1.52. The molecule has 76 valence electrons. The molecule has 1 aromatic rings. The number of aromatic nitrogens is 3. The quantitative estimate of drug-likeness (QED) is 0.605. The zero-order valence-electron chi connectivity index (χ0n) is 7.73. The number of nitrogens with zero attached hydrogens (tertiary/aromatic N) is 3. The molecule has 1 heterocycles. The van der Waals surface area contributed by atoms with E-state index in [9.17, 15) is 4.79 Å². The zero-order valence-corrected chi connectivity index (χ0v) is 7.73. The highest BCUT2D eigenvalue weighted by molar-refractivity contribution is 5.75. The average Bonchev–Trinajstić information content (AvgIpc) is 2.13. The van der Waals surface area contributed by atoms with Gasteiger partial charge in [0.2, 0.25) is 0 Å². The van der Waals surface area contributed by atoms with Gasteiger partial charge in [-0.15, -0.1) is 10.2 Å². The third-order valence-electron chi connectivity index (χ3n) is 1.52. The fourth-order valence-electron chi connectivity index (χ4n) is 0.859. The van der Waals surface area contributed by atoms with Crippen LogP contribution in [-0.2, 0) is 16.0 Å². The maximum Gasteiger partial charge on any atom is 0.312 e. The van der Waals surface area contributed by atoms with Crippen LogP contribution in [0.1, 0.15) is 12.6 Å². The average molecular weight is 197 g/mol. The Morgan fingerprint density at radius 3 is 2.79 bits per heavy atom. The van der Waals surface area contributed by atoms with Crippen LogP contribution in [0.15, 0.2) is 0 Å². The van der Waals surface area contributed by atoms with E-state index in [2.05, 4.69) is 15.4 Å². The Hall–Kier alpha value is -1.92. The molecule has 0 saturated heterocycles. The molecule has 0 radical (unpaired) electrons. The normalized spacial score (nSPS) is 9.79. The summed E-state index contributed by atoms with van der Waals surface area (Å²) in [6, 6.07) is 0. The molecule has 0 atom stereocenters. The summed E-state index contributed by atoms with van der Waals surface area (Å²) in [5.74, 6) is -0.349. The summed E-state index contributed by atoms with van der Waals surface area (Å²) in [7, 11) is 0. The minimum absolute atomic E-state index is 0.0423. The second-order valence-corrected chi connectivity index (χ2v) is 2.52. The Morgan fingerprint density at radius 2 is 2.14 bits per heavy atom. The molecule has 0 aliphatic rings. The van der Waals surface area contributed by atoms with E-state index in [1.165, 1.54) is 0 Å². The Morgan fingerprint density at radius 1 is 1.43 bits per heavy atom. The second-order valence-electron chi connectivity index (χ2n) is 2.52. The first-order valence-corrected chi connectivity index (χ1v) is 4.04. The van der Waals surface area contributed by atoms with E-state index < -0.39 is 5.97 Å². The van der Waals surface area contributed by atoms with E-state index in [1.807, 2.05) is 0 Å². The van der Waals surface area contributed by atoms with Gasteiger partial charge in [-0.1, -0.05) is 0 Å². The summed E-state index contributed by atoms with van der Waals surface area (Å²) < 4.78 is 4.72. The fraction of sp³-hybridized carbons (Fsp3) is 0.429. The molecular formula is C7H11N5O2. The van der Waals surface area contributed by atoms with Crippen LogP contribution in [0.3, 0.4) is 0 Å². The maximum absolute atomic E-state index is 11.1. The van der Waals surface area contributed by atoms with Gasteiger partial charge in [-0.25, -0.2) is 0 Å². The van der Waals surface area contributed by atoms with Gasteiger partial charge >= 0.3 is 5.97 Å². The zero-order chi connectivity index (χ0) is 10.6. The number of esters is 1. The summed E-state index contributed by atoms with van der Waals surface area (Å²) in [6.45, 7) is 2.03. The predicted molar refractivity (Wildman–Crippen MR) is 49.0 cm³/mol. The highest BCUT2D eigenvalue weighted by Gasteiger charge is 2.11. The molecule has 4 N–H and O–H groups in total. The van der Waals surface area contributed by atoms with Gasteiger partial charge < -0.3 is 16.2 Å². The van der Waals surface area contributed by atoms with E-state index in [1.54, 1.807) is 6.92 Å². The number of hydrogen-bond donors (Lipinski definition) is 2. The molecule has 0 unspecified atom stereocenters. The summed E-state index contributed by atoms with van der Waals surface area (Å²) >= 11 is 0. The number of ether oxygens (including phenoxy) is 1. The molecule has 0 saturated carbocycles. The van der Waals surface area contributed by atoms with Crippen LogP contribution in [0.5, 0.6) is 0 Å². The van der Waals surface area contributed by atoms with E-state index >= 15 is 0 Å². The molecule has 1 rings (SSSR count). The number of carbonyl (C=O) groups excluding carboxylic acids is 1. The molecule has 0 aliphatic heterocycles. The van der Waals surface area contributed by atoms with E-state index in [0.717, 1.165) is 0 Å². The Bertz CT molecular complexity index is 341. The first-order chi connectivity index (χ1) is 6.65. The number of rotatable bonds is 3. The highest BCUT2D eigenvalue weighted by Crippen LogP contribution is 2.13. The van der Waals surface area contributed by atoms with Crippen LogP contribution in [0.2, 0.25) is 0 Å². The molecule has 7 heteroatoms. The van der Waals surface area contributed by atoms with Crippen molar-refractivity contribution in [2.24, 2.45) is 0 Å². The van der Waals surface area contributed by atoms with Gasteiger partial charge in [0.1, 0.15) is 11.4 Å². The second kappa shape index (κ2) is 4.35. The first kappa shape index (κ1) is 10.2. The minimum Gasteiger partial charge on any atom is -0.466 e. The van der Waals surface area contributed by atoms with Gasteiger partial charge in [-0.2, -0.15) is 0 Å². The van der Waals surface area contributed by atoms with E-state index in [4.69, 9.17) is 16.2 Å². The van der Waals surface area contributed by atoms with Gasteiger partial charge in [-0.3, -0.25) is 4.79 Å². The van der Waals surface area contributed by atoms with E-state index in [0.29, 0.717) is 6.61 Å². The molecule has 0 aromatic carbocycles. The van der Waals surface area contributed by atoms with Crippen LogP contribution < -0.4 is 11.5 Å². The molecule has 1 aromatic heterocycles. The van der Waals surface area contributed by atoms with Gasteiger partial charge in [0.25, 0.3) is 0 Å². The highest BCUT2D eigenvalue weighted by atomic mass is 16.5. The van der Waals surface area contributed by atoms with Gasteiger partial charge in [0, 0.05) is 0 Å². The SMILES string of the molecule is CCOC(=O)Cc1nnnc(N)c1N. The van der Waals surface area contributed by atoms with Gasteiger partial charge in [-0.05, 0) is 12.1 Å². The Labute approximate surface area is 80.4 Å². The lowest BCUT2D eigenvalue weighted by Crippen LogP contribution is -2.13.